The molecule has 1 aromatic heterocycles. The zero-order valence-electron chi connectivity index (χ0n) is 10.6. The first kappa shape index (κ1) is 14.0. The Hall–Kier alpha value is -2.11. The van der Waals surface area contributed by atoms with Crippen molar-refractivity contribution in [3.8, 4) is 0 Å². The number of carboxylic acids is 1. The molecule has 0 aliphatic carbocycles. The molecule has 0 spiro atoms. The number of rotatable bonds is 3. The lowest BCUT2D eigenvalue weighted by atomic mass is 10.2. The van der Waals surface area contributed by atoms with Crippen LogP contribution in [0.1, 0.15) is 20.8 Å². The number of carbonyl (C=O) groups excluding carboxylic acids is 1. The zero-order chi connectivity index (χ0) is 13.8. The molecule has 6 nitrogen and oxygen atoms in total. The molecule has 0 saturated heterocycles. The van der Waals surface area contributed by atoms with E-state index < -0.39 is 24.2 Å². The molecule has 0 aromatic carbocycles. The van der Waals surface area contributed by atoms with E-state index in [2.05, 4.69) is 4.98 Å². The number of amides is 1. The molecule has 6 heteroatoms. The molecular weight excluding hydrogens is 236 g/mol. The van der Waals surface area contributed by atoms with Gasteiger partial charge in [0.2, 0.25) is 0 Å². The Morgan fingerprint density at radius 1 is 1.33 bits per heavy atom. The first-order valence-electron chi connectivity index (χ1n) is 5.42. The molecule has 0 radical (unpaired) electrons. The van der Waals surface area contributed by atoms with Crippen LogP contribution in [0.3, 0.4) is 0 Å². The molecule has 0 unspecified atom stereocenters. The van der Waals surface area contributed by atoms with Gasteiger partial charge in [0.15, 0.2) is 0 Å². The van der Waals surface area contributed by atoms with Gasteiger partial charge in [-0.3, -0.25) is 14.7 Å². The lowest BCUT2D eigenvalue weighted by Crippen LogP contribution is -2.40. The molecule has 1 amide bonds. The highest BCUT2D eigenvalue weighted by Gasteiger charge is 2.25. The molecule has 18 heavy (non-hydrogen) atoms. The molecule has 1 N–H and O–H groups in total. The van der Waals surface area contributed by atoms with E-state index >= 15 is 0 Å². The minimum Gasteiger partial charge on any atom is -0.480 e. The van der Waals surface area contributed by atoms with Gasteiger partial charge in [0, 0.05) is 12.4 Å². The molecule has 0 atom stereocenters. The highest BCUT2D eigenvalue weighted by atomic mass is 16.6. The Bertz CT molecular complexity index is 425. The Morgan fingerprint density at radius 3 is 2.33 bits per heavy atom. The first-order chi connectivity index (χ1) is 8.29. The van der Waals surface area contributed by atoms with Gasteiger partial charge in [-0.05, 0) is 32.9 Å². The Balaban J connectivity index is 2.92. The van der Waals surface area contributed by atoms with E-state index in [1.165, 1.54) is 12.4 Å². The maximum atomic E-state index is 11.9. The molecule has 1 rings (SSSR count). The van der Waals surface area contributed by atoms with Crippen molar-refractivity contribution in [2.75, 3.05) is 11.4 Å². The van der Waals surface area contributed by atoms with Crippen LogP contribution in [0, 0.1) is 0 Å². The highest BCUT2D eigenvalue weighted by molar-refractivity contribution is 5.93. The summed E-state index contributed by atoms with van der Waals surface area (Å²) in [6, 6.07) is 3.10. The van der Waals surface area contributed by atoms with Crippen molar-refractivity contribution < 1.29 is 19.4 Å². The van der Waals surface area contributed by atoms with E-state index in [1.54, 1.807) is 32.9 Å². The van der Waals surface area contributed by atoms with E-state index in [0.717, 1.165) is 4.90 Å². The Labute approximate surface area is 105 Å². The summed E-state index contributed by atoms with van der Waals surface area (Å²) in [6.07, 6.45) is 2.26. The maximum Gasteiger partial charge on any atom is 0.415 e. The van der Waals surface area contributed by atoms with Crippen molar-refractivity contribution in [1.29, 1.82) is 0 Å². The van der Waals surface area contributed by atoms with Gasteiger partial charge in [-0.2, -0.15) is 0 Å². The molecule has 0 saturated carbocycles. The fraction of sp³-hybridized carbons (Fsp3) is 0.417. The third-order valence-corrected chi connectivity index (χ3v) is 1.88. The van der Waals surface area contributed by atoms with E-state index in [1.807, 2.05) is 0 Å². The third kappa shape index (κ3) is 4.40. The fourth-order valence-electron chi connectivity index (χ4n) is 1.24. The predicted octanol–water partition coefficient (Wildman–Crippen LogP) is 1.91. The number of hydrogen-bond donors (Lipinski definition) is 1. The van der Waals surface area contributed by atoms with Gasteiger partial charge in [0.1, 0.15) is 12.1 Å². The standard InChI is InChI=1S/C12H16N2O4/c1-12(2,3)18-11(17)14(8-10(15)16)9-4-6-13-7-5-9/h4-7H,8H2,1-3H3,(H,15,16). The van der Waals surface area contributed by atoms with E-state index in [0.29, 0.717) is 5.69 Å². The molecule has 0 aliphatic heterocycles. The van der Waals surface area contributed by atoms with Gasteiger partial charge in [0.05, 0.1) is 5.69 Å². The Morgan fingerprint density at radius 2 is 1.89 bits per heavy atom. The van der Waals surface area contributed by atoms with Crippen LogP contribution in [-0.4, -0.2) is 34.3 Å². The van der Waals surface area contributed by atoms with Gasteiger partial charge in [-0.15, -0.1) is 0 Å². The minimum atomic E-state index is -1.11. The van der Waals surface area contributed by atoms with Crippen molar-refractivity contribution in [2.45, 2.75) is 26.4 Å². The maximum absolute atomic E-state index is 11.9. The number of aliphatic carboxylic acids is 1. The number of hydrogen-bond acceptors (Lipinski definition) is 4. The van der Waals surface area contributed by atoms with Gasteiger partial charge in [-0.25, -0.2) is 4.79 Å². The first-order valence-corrected chi connectivity index (χ1v) is 5.42. The number of ether oxygens (including phenoxy) is 1. The van der Waals surface area contributed by atoms with Gasteiger partial charge in [0.25, 0.3) is 0 Å². The second-order valence-corrected chi connectivity index (χ2v) is 4.67. The topological polar surface area (TPSA) is 79.7 Å². The summed E-state index contributed by atoms with van der Waals surface area (Å²) in [5, 5.41) is 8.83. The summed E-state index contributed by atoms with van der Waals surface area (Å²) in [7, 11) is 0. The average molecular weight is 252 g/mol. The summed E-state index contributed by atoms with van der Waals surface area (Å²) in [5.41, 5.74) is -0.248. The lowest BCUT2D eigenvalue weighted by Gasteiger charge is -2.26. The van der Waals surface area contributed by atoms with Crippen molar-refractivity contribution >= 4 is 17.7 Å². The summed E-state index contributed by atoms with van der Waals surface area (Å²) >= 11 is 0. The number of nitrogens with zero attached hydrogens (tertiary/aromatic N) is 2. The van der Waals surface area contributed by atoms with E-state index in [-0.39, 0.29) is 0 Å². The molecule has 1 heterocycles. The lowest BCUT2D eigenvalue weighted by molar-refractivity contribution is -0.135. The number of carbonyl (C=O) groups is 2. The highest BCUT2D eigenvalue weighted by Crippen LogP contribution is 2.16. The van der Waals surface area contributed by atoms with Gasteiger partial charge >= 0.3 is 12.1 Å². The van der Waals surface area contributed by atoms with Crippen LogP contribution in [0.2, 0.25) is 0 Å². The SMILES string of the molecule is CC(C)(C)OC(=O)N(CC(=O)O)c1ccncc1. The minimum absolute atomic E-state index is 0.432. The summed E-state index contributed by atoms with van der Waals surface area (Å²) in [6.45, 7) is 4.70. The number of carboxylic acid groups (broad SMARTS) is 1. The summed E-state index contributed by atoms with van der Waals surface area (Å²) in [5.74, 6) is -1.11. The molecule has 98 valence electrons. The monoisotopic (exact) mass is 252 g/mol. The van der Waals surface area contributed by atoms with Crippen molar-refractivity contribution in [3.05, 3.63) is 24.5 Å². The van der Waals surface area contributed by atoms with Crippen LogP contribution >= 0.6 is 0 Å². The number of aromatic nitrogens is 1. The van der Waals surface area contributed by atoms with Crippen molar-refractivity contribution in [1.82, 2.24) is 4.98 Å². The molecule has 0 fully saturated rings. The average Bonchev–Trinajstić information content (AvgIpc) is 2.24. The predicted molar refractivity (Wildman–Crippen MR) is 65.5 cm³/mol. The van der Waals surface area contributed by atoms with Crippen LogP contribution in [0.15, 0.2) is 24.5 Å². The molecule has 0 bridgehead atoms. The van der Waals surface area contributed by atoms with Gasteiger partial charge in [-0.1, -0.05) is 0 Å². The smallest absolute Gasteiger partial charge is 0.415 e. The summed E-state index contributed by atoms with van der Waals surface area (Å²) < 4.78 is 5.16. The summed E-state index contributed by atoms with van der Waals surface area (Å²) in [4.78, 5) is 27.6. The second kappa shape index (κ2) is 5.48. The third-order valence-electron chi connectivity index (χ3n) is 1.88. The Kier molecular flexibility index (Phi) is 4.25. The largest absolute Gasteiger partial charge is 0.480 e. The van der Waals surface area contributed by atoms with Crippen LogP contribution in [0.25, 0.3) is 0 Å². The van der Waals surface area contributed by atoms with Crippen molar-refractivity contribution in [3.63, 3.8) is 0 Å². The normalized spacial score (nSPS) is 10.8. The quantitative estimate of drug-likeness (QED) is 0.888. The zero-order valence-corrected chi connectivity index (χ0v) is 10.6. The van der Waals surface area contributed by atoms with Crippen LogP contribution in [0.4, 0.5) is 10.5 Å². The van der Waals surface area contributed by atoms with Gasteiger partial charge < -0.3 is 9.84 Å². The van der Waals surface area contributed by atoms with E-state index in [4.69, 9.17) is 9.84 Å². The molecular formula is C12H16N2O4. The number of anilines is 1. The molecule has 0 aliphatic rings. The van der Waals surface area contributed by atoms with Crippen LogP contribution in [-0.2, 0) is 9.53 Å². The second-order valence-electron chi connectivity index (χ2n) is 4.67. The molecule has 1 aromatic rings. The number of pyridine rings is 1. The van der Waals surface area contributed by atoms with E-state index in [9.17, 15) is 9.59 Å². The van der Waals surface area contributed by atoms with Crippen molar-refractivity contribution in [2.24, 2.45) is 0 Å². The van der Waals surface area contributed by atoms with Crippen LogP contribution in [0.5, 0.6) is 0 Å². The fourth-order valence-corrected chi connectivity index (χ4v) is 1.24. The van der Waals surface area contributed by atoms with Crippen LogP contribution < -0.4 is 4.90 Å².